The zero-order valence-corrected chi connectivity index (χ0v) is 16.6. The molecule has 3 aromatic carbocycles. The van der Waals surface area contributed by atoms with E-state index in [1.807, 2.05) is 60.7 Å². The predicted octanol–water partition coefficient (Wildman–Crippen LogP) is 4.43. The highest BCUT2D eigenvalue weighted by molar-refractivity contribution is 5.96. The van der Waals surface area contributed by atoms with E-state index in [4.69, 9.17) is 14.2 Å². The highest BCUT2D eigenvalue weighted by atomic mass is 16.5. The van der Waals surface area contributed by atoms with E-state index in [-0.39, 0.29) is 12.5 Å². The fraction of sp³-hybridized carbons (Fsp3) is 0.208. The maximum atomic E-state index is 12.7. The first-order chi connectivity index (χ1) is 14.2. The van der Waals surface area contributed by atoms with Gasteiger partial charge in [0.2, 0.25) is 0 Å². The number of amides is 1. The molecule has 0 spiro atoms. The van der Waals surface area contributed by atoms with Gasteiger partial charge in [0.25, 0.3) is 5.91 Å². The number of hydrogen-bond donors (Lipinski definition) is 0. The molecule has 148 valence electrons. The maximum Gasteiger partial charge on any atom is 0.253 e. The zero-order valence-electron chi connectivity index (χ0n) is 16.6. The van der Waals surface area contributed by atoms with Gasteiger partial charge in [-0.25, -0.2) is 0 Å². The number of hydrogen-bond acceptors (Lipinski definition) is 4. The summed E-state index contributed by atoms with van der Waals surface area (Å²) in [5.41, 5.74) is 4.88. The van der Waals surface area contributed by atoms with Crippen molar-refractivity contribution in [3.8, 4) is 22.6 Å². The molecule has 0 aromatic heterocycles. The second kappa shape index (κ2) is 8.37. The Morgan fingerprint density at radius 3 is 2.62 bits per heavy atom. The summed E-state index contributed by atoms with van der Waals surface area (Å²) < 4.78 is 16.5. The molecule has 0 saturated carbocycles. The summed E-state index contributed by atoms with van der Waals surface area (Å²) in [5.74, 6) is 1.52. The Morgan fingerprint density at radius 1 is 0.931 bits per heavy atom. The highest BCUT2D eigenvalue weighted by Crippen LogP contribution is 2.35. The maximum absolute atomic E-state index is 12.7. The van der Waals surface area contributed by atoms with Gasteiger partial charge in [0.05, 0.1) is 27.4 Å². The Balaban J connectivity index is 1.71. The first-order valence-electron chi connectivity index (χ1n) is 9.47. The molecule has 0 radical (unpaired) electrons. The first-order valence-corrected chi connectivity index (χ1v) is 9.47. The minimum atomic E-state index is -0.0587. The number of methoxy groups -OCH3 is 2. The number of para-hydroxylation sites is 1. The molecule has 0 fully saturated rings. The molecule has 1 heterocycles. The van der Waals surface area contributed by atoms with Crippen molar-refractivity contribution in [1.29, 1.82) is 0 Å². The molecule has 1 aliphatic rings. The summed E-state index contributed by atoms with van der Waals surface area (Å²) in [6.45, 7) is 0.904. The van der Waals surface area contributed by atoms with E-state index in [1.165, 1.54) is 0 Å². The average molecular weight is 389 g/mol. The van der Waals surface area contributed by atoms with Crippen molar-refractivity contribution < 1.29 is 19.0 Å². The summed E-state index contributed by atoms with van der Waals surface area (Å²) in [6.07, 6.45) is 0. The number of rotatable bonds is 5. The molecule has 3 aromatic rings. The lowest BCUT2D eigenvalue weighted by atomic mass is 10.0. The number of ether oxygens (including phenoxy) is 3. The van der Waals surface area contributed by atoms with Crippen LogP contribution in [0.2, 0.25) is 0 Å². The minimum absolute atomic E-state index is 0.0582. The zero-order chi connectivity index (χ0) is 20.2. The van der Waals surface area contributed by atoms with Gasteiger partial charge in [-0.1, -0.05) is 36.4 Å². The molecule has 0 saturated heterocycles. The fourth-order valence-corrected chi connectivity index (χ4v) is 3.60. The predicted molar refractivity (Wildman–Crippen MR) is 112 cm³/mol. The van der Waals surface area contributed by atoms with Gasteiger partial charge in [0, 0.05) is 16.8 Å². The quantitative estimate of drug-likeness (QED) is 0.648. The summed E-state index contributed by atoms with van der Waals surface area (Å²) in [5, 5.41) is 0. The molecule has 1 aliphatic heterocycles. The summed E-state index contributed by atoms with van der Waals surface area (Å²) in [7, 11) is 3.30. The monoisotopic (exact) mass is 389 g/mol. The van der Waals surface area contributed by atoms with E-state index in [0.29, 0.717) is 13.2 Å². The van der Waals surface area contributed by atoms with Crippen molar-refractivity contribution in [3.05, 3.63) is 77.9 Å². The highest BCUT2D eigenvalue weighted by Gasteiger charge is 2.23. The van der Waals surface area contributed by atoms with Crippen LogP contribution in [0.3, 0.4) is 0 Å². The lowest BCUT2D eigenvalue weighted by molar-refractivity contribution is -0.123. The van der Waals surface area contributed by atoms with Crippen LogP contribution in [0.25, 0.3) is 11.1 Å². The molecule has 1 amide bonds. The van der Waals surface area contributed by atoms with Gasteiger partial charge in [-0.2, -0.15) is 0 Å². The van der Waals surface area contributed by atoms with E-state index < -0.39 is 0 Å². The number of anilines is 1. The molecule has 0 bridgehead atoms. The molecule has 0 N–H and O–H groups in total. The molecule has 5 heteroatoms. The van der Waals surface area contributed by atoms with Crippen LogP contribution in [0.4, 0.5) is 5.69 Å². The van der Waals surface area contributed by atoms with Crippen LogP contribution in [0.5, 0.6) is 11.5 Å². The smallest absolute Gasteiger partial charge is 0.253 e. The van der Waals surface area contributed by atoms with Crippen LogP contribution >= 0.6 is 0 Å². The Morgan fingerprint density at radius 2 is 1.79 bits per heavy atom. The van der Waals surface area contributed by atoms with Crippen LogP contribution in [-0.2, 0) is 22.7 Å². The van der Waals surface area contributed by atoms with Gasteiger partial charge in [0.1, 0.15) is 18.1 Å². The second-order valence-corrected chi connectivity index (χ2v) is 6.87. The van der Waals surface area contributed by atoms with Crippen LogP contribution in [0.15, 0.2) is 66.7 Å². The lowest BCUT2D eigenvalue weighted by Crippen LogP contribution is -2.32. The van der Waals surface area contributed by atoms with E-state index in [9.17, 15) is 4.79 Å². The number of fused-ring (bicyclic) bond motifs is 1. The van der Waals surface area contributed by atoms with Crippen LogP contribution in [0, 0.1) is 0 Å². The molecule has 0 atom stereocenters. The van der Waals surface area contributed by atoms with Gasteiger partial charge in [0.15, 0.2) is 0 Å². The van der Waals surface area contributed by atoms with Crippen LogP contribution in [0.1, 0.15) is 11.1 Å². The molecule has 29 heavy (non-hydrogen) atoms. The van der Waals surface area contributed by atoms with Gasteiger partial charge >= 0.3 is 0 Å². The Kier molecular flexibility index (Phi) is 5.49. The van der Waals surface area contributed by atoms with Crippen LogP contribution < -0.4 is 14.4 Å². The third-order valence-electron chi connectivity index (χ3n) is 5.05. The largest absolute Gasteiger partial charge is 0.497 e. The van der Waals surface area contributed by atoms with E-state index in [0.717, 1.165) is 39.4 Å². The first kappa shape index (κ1) is 19.0. The standard InChI is InChI=1S/C24H23NO4/c1-27-20-7-5-6-17(12-20)14-25-22-11-10-18(13-19(22)15-29-16-24(25)26)21-8-3-4-9-23(21)28-2/h3-13H,14-16H2,1-2H3. The average Bonchev–Trinajstić information content (AvgIpc) is 2.92. The molecule has 0 unspecified atom stereocenters. The number of benzene rings is 3. The van der Waals surface area contributed by atoms with Gasteiger partial charge in [-0.15, -0.1) is 0 Å². The molecule has 0 aliphatic carbocycles. The second-order valence-electron chi connectivity index (χ2n) is 6.87. The third-order valence-corrected chi connectivity index (χ3v) is 5.05. The topological polar surface area (TPSA) is 48.0 Å². The van der Waals surface area contributed by atoms with E-state index >= 15 is 0 Å². The van der Waals surface area contributed by atoms with E-state index in [2.05, 4.69) is 6.07 Å². The SMILES string of the molecule is COc1cccc(CN2C(=O)COCc3cc(-c4ccccc4OC)ccc32)c1. The molecule has 4 rings (SSSR count). The van der Waals surface area contributed by atoms with Crippen molar-refractivity contribution in [2.24, 2.45) is 0 Å². The van der Waals surface area contributed by atoms with Crippen molar-refractivity contribution in [3.63, 3.8) is 0 Å². The van der Waals surface area contributed by atoms with Gasteiger partial charge < -0.3 is 19.1 Å². The third kappa shape index (κ3) is 3.96. The molecular formula is C24H23NO4. The lowest BCUT2D eigenvalue weighted by Gasteiger charge is -2.23. The number of carbonyl (C=O) groups excluding carboxylic acids is 1. The van der Waals surface area contributed by atoms with Gasteiger partial charge in [-0.05, 0) is 41.5 Å². The van der Waals surface area contributed by atoms with E-state index in [1.54, 1.807) is 19.1 Å². The minimum Gasteiger partial charge on any atom is -0.497 e. The Hall–Kier alpha value is -3.31. The Bertz CT molecular complexity index is 1030. The number of nitrogens with zero attached hydrogens (tertiary/aromatic N) is 1. The van der Waals surface area contributed by atoms with Crippen molar-refractivity contribution in [2.45, 2.75) is 13.2 Å². The van der Waals surface area contributed by atoms with Crippen LogP contribution in [-0.4, -0.2) is 26.7 Å². The summed E-state index contributed by atoms with van der Waals surface area (Å²) >= 11 is 0. The molecular weight excluding hydrogens is 366 g/mol. The fourth-order valence-electron chi connectivity index (χ4n) is 3.60. The number of carbonyl (C=O) groups is 1. The van der Waals surface area contributed by atoms with Crippen molar-refractivity contribution in [1.82, 2.24) is 0 Å². The molecule has 5 nitrogen and oxygen atoms in total. The Labute approximate surface area is 170 Å². The van der Waals surface area contributed by atoms with Crippen molar-refractivity contribution in [2.75, 3.05) is 25.7 Å². The summed E-state index contributed by atoms with van der Waals surface area (Å²) in [4.78, 5) is 14.5. The van der Waals surface area contributed by atoms with Crippen molar-refractivity contribution >= 4 is 11.6 Å². The summed E-state index contributed by atoms with van der Waals surface area (Å²) in [6, 6.07) is 21.7. The van der Waals surface area contributed by atoms with Gasteiger partial charge in [-0.3, -0.25) is 4.79 Å². The normalized spacial score (nSPS) is 13.6.